The normalized spacial score (nSPS) is 5.51. The molecule has 0 aliphatic rings. The summed E-state index contributed by atoms with van der Waals surface area (Å²) < 4.78 is 17.2. The van der Waals surface area contributed by atoms with Gasteiger partial charge in [0, 0.05) is 83.6 Å². The van der Waals surface area contributed by atoms with Crippen LogP contribution in [0.3, 0.4) is 0 Å². The second-order valence-electron chi connectivity index (χ2n) is 6.97. The SMILES string of the molecule is CC(=O)[O-].CC(=O)[O-].CC(=O)[O-].CC(=O)[O-].CC(=O)[O-].CC(=O)[O-].CC(=O)[O-].CC(=O)[O-].CC(=O)[O-].CC(=O)[O-].CC(=O)[O-].CC(=O)[O-].CC(=O)[O-].CC(=O)[O-].[Al+3].[Co+2].[Cu+2].[Hg+2].[NH4+].[Ni+2].[O]=[U+2]=[O]. The fourth-order valence-electron chi connectivity index (χ4n) is 0. The fourth-order valence-corrected chi connectivity index (χ4v) is 0. The van der Waals surface area contributed by atoms with Crippen LogP contribution in [0.25, 0.3) is 0 Å². The van der Waals surface area contributed by atoms with Crippen LogP contribution < -0.4 is 77.6 Å². The summed E-state index contributed by atoms with van der Waals surface area (Å²) in [6, 6.07) is 0. The topological polar surface area (TPSA) is 632 Å². The first-order chi connectivity index (χ1) is 25.7. The van der Waals surface area contributed by atoms with Crippen LogP contribution in [0.2, 0.25) is 0 Å². The van der Waals surface area contributed by atoms with E-state index < -0.39 is 111 Å². The van der Waals surface area contributed by atoms with Crippen molar-refractivity contribution in [2.24, 2.45) is 0 Å². The van der Waals surface area contributed by atoms with Crippen LogP contribution in [0.15, 0.2) is 0 Å². The number of hydrogen-bond donors (Lipinski definition) is 1. The van der Waals surface area contributed by atoms with E-state index in [0.29, 0.717) is 0 Å². The molecule has 65 heavy (non-hydrogen) atoms. The van der Waals surface area contributed by atoms with Gasteiger partial charge in [0.15, 0.2) is 0 Å². The molecule has 0 spiro atoms. The molecule has 0 unspecified atom stereocenters. The molecular weight excluding hydrogens is 1480 g/mol. The van der Waals surface area contributed by atoms with Crippen molar-refractivity contribution in [3.63, 3.8) is 0 Å². The standard InChI is InChI=1S/14C2H4O2.Al.Co.Cu.Hg.H3N.Ni.2O.U/c14*1-2(3)4;;;;;;;;;/h14*1H3,(H,3,4);;;;;1H3;;;;/q;;;;;;;;;;;;;;+3;3*+2;;+2;;;+2/p-13. The molecule has 0 aromatic carbocycles. The molecule has 37 heteroatoms. The van der Waals surface area contributed by atoms with Crippen LogP contribution in [0, 0.1) is 27.8 Å². The Morgan fingerprint density at radius 3 is 0.262 bits per heavy atom. The Morgan fingerprint density at radius 1 is 0.262 bits per heavy atom. The zero-order valence-corrected chi connectivity index (χ0v) is 50.8. The Morgan fingerprint density at radius 2 is 0.262 bits per heavy atom. The van der Waals surface area contributed by atoms with Crippen LogP contribution in [0.5, 0.6) is 0 Å². The maximum atomic E-state index is 8.89. The number of rotatable bonds is 0. The zero-order valence-electron chi connectivity index (χ0n) is 37.0. The van der Waals surface area contributed by atoms with Crippen molar-refractivity contribution < 1.29 is 249 Å². The Balaban J connectivity index is -0.0000000167. The van der Waals surface area contributed by atoms with Gasteiger partial charge in [0.1, 0.15) is 0 Å². The molecule has 0 heterocycles. The van der Waals surface area contributed by atoms with E-state index in [0.717, 1.165) is 96.9 Å². The third kappa shape index (κ3) is 14000. The third-order valence-electron chi connectivity index (χ3n) is 0. The van der Waals surface area contributed by atoms with E-state index in [1.165, 1.54) is 0 Å². The summed E-state index contributed by atoms with van der Waals surface area (Å²) in [4.78, 5) is 124. The summed E-state index contributed by atoms with van der Waals surface area (Å²) in [7, 11) is 0. The molecule has 0 aliphatic carbocycles. The van der Waals surface area contributed by atoms with Crippen LogP contribution in [0.1, 0.15) is 96.9 Å². The third-order valence-corrected chi connectivity index (χ3v) is 0. The van der Waals surface area contributed by atoms with Gasteiger partial charge < -0.3 is 145 Å². The Labute approximate surface area is 449 Å². The molecule has 0 bridgehead atoms. The molecular formula is C28H46AlCoCuHgNNiO30U. The molecule has 0 saturated heterocycles. The first-order valence-corrected chi connectivity index (χ1v) is 16.5. The Hall–Kier alpha value is -3.82. The summed E-state index contributed by atoms with van der Waals surface area (Å²) in [5, 5.41) is 124. The van der Waals surface area contributed by atoms with Crippen molar-refractivity contribution in [3.05, 3.63) is 0 Å². The van der Waals surface area contributed by atoms with E-state index in [1.807, 2.05) is 0 Å². The molecule has 0 aliphatic heterocycles. The van der Waals surface area contributed by atoms with Gasteiger partial charge in [-0.05, 0) is 96.9 Å². The minimum absolute atomic E-state index is 0. The van der Waals surface area contributed by atoms with E-state index in [4.69, 9.17) is 143 Å². The van der Waals surface area contributed by atoms with E-state index >= 15 is 0 Å². The van der Waals surface area contributed by atoms with Crippen molar-refractivity contribution in [2.45, 2.75) is 96.9 Å². The van der Waals surface area contributed by atoms with E-state index in [1.54, 1.807) is 0 Å². The summed E-state index contributed by atoms with van der Waals surface area (Å²) in [5.74, 6) is -15.2. The number of carboxylic acid groups (broad SMARTS) is 14. The average molecular weight is 1520 g/mol. The van der Waals surface area contributed by atoms with E-state index in [2.05, 4.69) is 0 Å². The molecule has 0 rings (SSSR count). The number of carbonyl (C=O) groups excluding carboxylic acids is 14. The Kier molecular flexibility index (Phi) is 290. The van der Waals surface area contributed by atoms with Crippen molar-refractivity contribution in [1.29, 1.82) is 0 Å². The first-order valence-electron chi connectivity index (χ1n) is 13.1. The molecule has 31 nitrogen and oxygen atoms in total. The van der Waals surface area contributed by atoms with Gasteiger partial charge in [-0.1, -0.05) is 0 Å². The van der Waals surface area contributed by atoms with Gasteiger partial charge in [0.05, 0.1) is 0 Å². The van der Waals surface area contributed by atoms with Gasteiger partial charge in [-0.15, -0.1) is 0 Å². The van der Waals surface area contributed by atoms with Crippen LogP contribution in [-0.4, -0.2) is 101 Å². The monoisotopic (exact) mass is 1520 g/mol. The van der Waals surface area contributed by atoms with Crippen LogP contribution in [-0.2, 0) is 150 Å². The molecule has 382 valence electrons. The van der Waals surface area contributed by atoms with Gasteiger partial charge in [-0.3, -0.25) is 0 Å². The van der Waals surface area contributed by atoms with Crippen molar-refractivity contribution >= 4 is 101 Å². The predicted octanol–water partition coefficient (Wildman–Crippen LogP) is -17.7. The van der Waals surface area contributed by atoms with E-state index in [9.17, 15) is 0 Å². The number of carboxylic acids is 14. The predicted molar refractivity (Wildman–Crippen MR) is 163 cm³/mol. The molecule has 4 N–H and O–H groups in total. The van der Waals surface area contributed by atoms with Crippen LogP contribution in [0.4, 0.5) is 0 Å². The minimum atomic E-state index is -2.51. The molecule has 0 saturated carbocycles. The summed E-state index contributed by atoms with van der Waals surface area (Å²) in [5.41, 5.74) is 0. The summed E-state index contributed by atoms with van der Waals surface area (Å²) in [6.07, 6.45) is 0. The zero-order chi connectivity index (χ0) is 52.8. The molecule has 0 atom stereocenters. The van der Waals surface area contributed by atoms with Gasteiger partial charge in [-0.2, -0.15) is 0 Å². The van der Waals surface area contributed by atoms with Gasteiger partial charge in [-0.25, -0.2) is 0 Å². The van der Waals surface area contributed by atoms with Gasteiger partial charge in [0.25, 0.3) is 0 Å². The second-order valence-corrected chi connectivity index (χ2v) is 7.66. The molecule has 0 fully saturated rings. The maximum absolute atomic E-state index is 8.89. The van der Waals surface area contributed by atoms with Crippen molar-refractivity contribution in [2.75, 3.05) is 0 Å². The van der Waals surface area contributed by atoms with Crippen molar-refractivity contribution in [1.82, 2.24) is 6.15 Å². The molecule has 2 radical (unpaired) electrons. The second kappa shape index (κ2) is 137. The number of carbonyl (C=O) groups is 14. The molecule has 0 aromatic heterocycles. The van der Waals surface area contributed by atoms with E-state index in [-0.39, 0.29) is 102 Å². The van der Waals surface area contributed by atoms with Gasteiger partial charge >= 0.3 is 128 Å². The molecule has 0 aromatic rings. The molecule has 0 amide bonds. The average Bonchev–Trinajstić information content (AvgIpc) is 2.79. The summed E-state index contributed by atoms with van der Waals surface area (Å²) in [6.45, 7) is 13.6. The van der Waals surface area contributed by atoms with Crippen molar-refractivity contribution in [3.8, 4) is 0 Å². The number of hydrogen-bond acceptors (Lipinski definition) is 30. The summed E-state index contributed by atoms with van der Waals surface area (Å²) >= 11 is -2.51. The fraction of sp³-hybridized carbons (Fsp3) is 0.500. The number of aliphatic carboxylic acids is 14. The Bertz CT molecular complexity index is 836. The number of quaternary nitrogens is 1. The quantitative estimate of drug-likeness (QED) is 0.220. The van der Waals surface area contributed by atoms with Crippen LogP contribution >= 0.6 is 0 Å². The first kappa shape index (κ1) is 137. The van der Waals surface area contributed by atoms with Gasteiger partial charge in [0.2, 0.25) is 0 Å².